The van der Waals surface area contributed by atoms with Gasteiger partial charge in [-0.3, -0.25) is 14.5 Å². The molecule has 0 atom stereocenters. The van der Waals surface area contributed by atoms with Gasteiger partial charge in [0.2, 0.25) is 5.91 Å². The van der Waals surface area contributed by atoms with Gasteiger partial charge in [-0.25, -0.2) is 19.9 Å². The normalized spacial score (nSPS) is 12.8. The van der Waals surface area contributed by atoms with Gasteiger partial charge < -0.3 is 15.5 Å². The van der Waals surface area contributed by atoms with Crippen LogP contribution in [0.2, 0.25) is 0 Å². The lowest BCUT2D eigenvalue weighted by molar-refractivity contribution is -0.137. The summed E-state index contributed by atoms with van der Waals surface area (Å²) in [4.78, 5) is 45.8. The Labute approximate surface area is 262 Å². The number of benzene rings is 3. The Morgan fingerprint density at radius 3 is 2.46 bits per heavy atom. The molecule has 1 fully saturated rings. The van der Waals surface area contributed by atoms with Crippen LogP contribution < -0.4 is 20.4 Å². The molecule has 10 nitrogen and oxygen atoms in total. The number of hydrogen-bond donors (Lipinski definition) is 2. The van der Waals surface area contributed by atoms with E-state index in [2.05, 4.69) is 30.6 Å². The highest BCUT2D eigenvalue weighted by atomic mass is 19.4. The van der Waals surface area contributed by atoms with Crippen LogP contribution in [-0.4, -0.2) is 45.3 Å². The second-order valence-corrected chi connectivity index (χ2v) is 10.4. The van der Waals surface area contributed by atoms with Crippen molar-refractivity contribution in [1.82, 2.24) is 19.9 Å². The third kappa shape index (κ3) is 5.94. The second-order valence-electron chi connectivity index (χ2n) is 10.4. The van der Waals surface area contributed by atoms with E-state index in [4.69, 9.17) is 0 Å². The number of β-lactam (4-membered cyclic amide) rings is 1. The van der Waals surface area contributed by atoms with Crippen molar-refractivity contribution in [3.8, 4) is 11.3 Å². The summed E-state index contributed by atoms with van der Waals surface area (Å²) in [6.07, 6.45) is -0.0542. The zero-order chi connectivity index (χ0) is 32.4. The van der Waals surface area contributed by atoms with Crippen molar-refractivity contribution in [3.63, 3.8) is 0 Å². The SMILES string of the molecule is CNc1cc(-c2cncnc2N(c2ccccc2)c2cc(C(=O)Nc3ccc(N4CCC4=O)c(C(F)(F)F)c3)ccc2C)ncn1. The zero-order valence-corrected chi connectivity index (χ0v) is 24.7. The average molecular weight is 625 g/mol. The number of anilines is 6. The van der Waals surface area contributed by atoms with Gasteiger partial charge in [-0.15, -0.1) is 0 Å². The highest BCUT2D eigenvalue weighted by Crippen LogP contribution is 2.42. The Kier molecular flexibility index (Phi) is 8.05. The molecule has 1 aliphatic rings. The van der Waals surface area contributed by atoms with E-state index in [1.165, 1.54) is 24.8 Å². The number of nitrogens with one attached hydrogen (secondary N) is 2. The van der Waals surface area contributed by atoms with Crippen molar-refractivity contribution in [1.29, 1.82) is 0 Å². The summed E-state index contributed by atoms with van der Waals surface area (Å²) in [7, 11) is 1.75. The number of nitrogens with zero attached hydrogens (tertiary/aromatic N) is 6. The molecule has 3 heterocycles. The average Bonchev–Trinajstić information content (AvgIpc) is 3.06. The summed E-state index contributed by atoms with van der Waals surface area (Å²) in [6, 6.07) is 19.6. The van der Waals surface area contributed by atoms with Gasteiger partial charge in [0.05, 0.1) is 28.2 Å². The van der Waals surface area contributed by atoms with E-state index in [-0.39, 0.29) is 35.8 Å². The molecular formula is C33H27F3N8O2. The number of rotatable bonds is 8. The van der Waals surface area contributed by atoms with E-state index in [1.54, 1.807) is 37.5 Å². The minimum absolute atomic E-state index is 0.0572. The lowest BCUT2D eigenvalue weighted by Gasteiger charge is -2.33. The van der Waals surface area contributed by atoms with Gasteiger partial charge in [-0.05, 0) is 55.0 Å². The van der Waals surface area contributed by atoms with Crippen LogP contribution in [0.3, 0.4) is 0 Å². The molecule has 6 rings (SSSR count). The number of para-hydroxylation sites is 1. The maximum atomic E-state index is 14.0. The summed E-state index contributed by atoms with van der Waals surface area (Å²) in [5.41, 5.74) is 2.20. The fraction of sp³-hybridized carbons (Fsp3) is 0.152. The van der Waals surface area contributed by atoms with Crippen molar-refractivity contribution in [2.45, 2.75) is 19.5 Å². The van der Waals surface area contributed by atoms with Crippen LogP contribution in [0.15, 0.2) is 91.6 Å². The fourth-order valence-corrected chi connectivity index (χ4v) is 5.12. The molecule has 3 aromatic carbocycles. The van der Waals surface area contributed by atoms with Crippen LogP contribution >= 0.6 is 0 Å². The van der Waals surface area contributed by atoms with Crippen molar-refractivity contribution >= 4 is 46.2 Å². The summed E-state index contributed by atoms with van der Waals surface area (Å²) < 4.78 is 41.9. The number of hydrogen-bond acceptors (Lipinski definition) is 8. The molecule has 232 valence electrons. The molecule has 1 saturated heterocycles. The molecule has 0 unspecified atom stereocenters. The molecule has 0 radical (unpaired) electrons. The standard InChI is InChI=1S/C33H27F3N8O2/c1-20-8-9-21(32(46)42-22-10-11-27(43-13-12-30(43)45)25(15-22)33(34,35)36)14-28(20)44(23-6-4-3-5-7-23)31-24(17-38-18-41-31)26-16-29(37-2)40-19-39-26/h3-11,14-19H,12-13H2,1-2H3,(H,42,46)(H,37,39,40). The number of carbonyl (C=O) groups is 2. The zero-order valence-electron chi connectivity index (χ0n) is 24.7. The van der Waals surface area contributed by atoms with E-state index in [1.807, 2.05) is 42.2 Å². The molecule has 0 aliphatic carbocycles. The largest absolute Gasteiger partial charge is 0.418 e. The summed E-state index contributed by atoms with van der Waals surface area (Å²) >= 11 is 0. The van der Waals surface area contributed by atoms with Gasteiger partial charge in [0, 0.05) is 49.2 Å². The first kappa shape index (κ1) is 30.2. The Morgan fingerprint density at radius 1 is 0.957 bits per heavy atom. The second kappa shape index (κ2) is 12.3. The number of alkyl halides is 3. The van der Waals surface area contributed by atoms with E-state index in [0.29, 0.717) is 28.6 Å². The molecule has 46 heavy (non-hydrogen) atoms. The van der Waals surface area contributed by atoms with Crippen LogP contribution in [0.1, 0.15) is 27.9 Å². The first-order chi connectivity index (χ1) is 22.1. The van der Waals surface area contributed by atoms with Gasteiger partial charge in [0.15, 0.2) is 0 Å². The molecule has 2 amide bonds. The highest BCUT2D eigenvalue weighted by molar-refractivity contribution is 6.06. The van der Waals surface area contributed by atoms with Gasteiger partial charge in [0.1, 0.15) is 24.3 Å². The smallest absolute Gasteiger partial charge is 0.373 e. The molecule has 1 aliphatic heterocycles. The van der Waals surface area contributed by atoms with Crippen LogP contribution in [0.25, 0.3) is 11.3 Å². The molecule has 0 bridgehead atoms. The van der Waals surface area contributed by atoms with E-state index in [9.17, 15) is 22.8 Å². The van der Waals surface area contributed by atoms with Crippen molar-refractivity contribution < 1.29 is 22.8 Å². The maximum Gasteiger partial charge on any atom is 0.418 e. The third-order valence-corrected chi connectivity index (χ3v) is 7.53. The van der Waals surface area contributed by atoms with E-state index in [0.717, 1.165) is 22.2 Å². The number of aromatic nitrogens is 4. The van der Waals surface area contributed by atoms with Crippen LogP contribution in [0.4, 0.5) is 47.6 Å². The van der Waals surface area contributed by atoms with Crippen LogP contribution in [0.5, 0.6) is 0 Å². The molecule has 0 spiro atoms. The topological polar surface area (TPSA) is 116 Å². The van der Waals surface area contributed by atoms with Gasteiger partial charge >= 0.3 is 6.18 Å². The summed E-state index contributed by atoms with van der Waals surface area (Å²) in [6.45, 7) is 2.09. The number of carbonyl (C=O) groups excluding carboxylic acids is 2. The van der Waals surface area contributed by atoms with E-state index < -0.39 is 17.6 Å². The first-order valence-electron chi connectivity index (χ1n) is 14.2. The monoisotopic (exact) mass is 624 g/mol. The van der Waals surface area contributed by atoms with Crippen molar-refractivity contribution in [2.24, 2.45) is 0 Å². The first-order valence-corrected chi connectivity index (χ1v) is 14.2. The predicted molar refractivity (Wildman–Crippen MR) is 168 cm³/mol. The van der Waals surface area contributed by atoms with Crippen LogP contribution in [0, 0.1) is 6.92 Å². The number of amides is 2. The maximum absolute atomic E-state index is 14.0. The Balaban J connectivity index is 1.40. The van der Waals surface area contributed by atoms with Gasteiger partial charge in [-0.2, -0.15) is 13.2 Å². The van der Waals surface area contributed by atoms with Gasteiger partial charge in [-0.1, -0.05) is 24.3 Å². The number of halogens is 3. The molecule has 2 aromatic heterocycles. The van der Waals surface area contributed by atoms with Crippen molar-refractivity contribution in [2.75, 3.05) is 34.0 Å². The Hall–Kier alpha value is -5.85. The lowest BCUT2D eigenvalue weighted by Crippen LogP contribution is -2.44. The van der Waals surface area contributed by atoms with Gasteiger partial charge in [0.25, 0.3) is 5.91 Å². The summed E-state index contributed by atoms with van der Waals surface area (Å²) in [5, 5.41) is 5.59. The minimum Gasteiger partial charge on any atom is -0.373 e. The molecule has 0 saturated carbocycles. The summed E-state index contributed by atoms with van der Waals surface area (Å²) in [5.74, 6) is 0.0756. The quantitative estimate of drug-likeness (QED) is 0.182. The molecule has 13 heteroatoms. The third-order valence-electron chi connectivity index (χ3n) is 7.53. The van der Waals surface area contributed by atoms with Crippen molar-refractivity contribution in [3.05, 3.63) is 108 Å². The number of aryl methyl sites for hydroxylation is 1. The van der Waals surface area contributed by atoms with E-state index >= 15 is 0 Å². The molecule has 2 N–H and O–H groups in total. The molecular weight excluding hydrogens is 597 g/mol. The minimum atomic E-state index is -4.73. The highest BCUT2D eigenvalue weighted by Gasteiger charge is 2.38. The Morgan fingerprint density at radius 2 is 1.76 bits per heavy atom. The molecule has 5 aromatic rings. The van der Waals surface area contributed by atoms with Crippen LogP contribution in [-0.2, 0) is 11.0 Å². The Bertz CT molecular complexity index is 1930. The lowest BCUT2D eigenvalue weighted by atomic mass is 10.0. The fourth-order valence-electron chi connectivity index (χ4n) is 5.12. The predicted octanol–water partition coefficient (Wildman–Crippen LogP) is 6.76.